The van der Waals surface area contributed by atoms with Crippen LogP contribution >= 0.6 is 0 Å². The minimum Gasteiger partial charge on any atom is -0.493 e. The number of nitrogens with one attached hydrogen (secondary N) is 1. The van der Waals surface area contributed by atoms with Crippen molar-refractivity contribution in [2.75, 3.05) is 12.4 Å². The molecule has 0 aliphatic carbocycles. The quantitative estimate of drug-likeness (QED) is 0.362. The van der Waals surface area contributed by atoms with Gasteiger partial charge in [0.05, 0.1) is 19.6 Å². The summed E-state index contributed by atoms with van der Waals surface area (Å²) in [7, 11) is 1.07. The van der Waals surface area contributed by atoms with Crippen molar-refractivity contribution in [3.8, 4) is 5.75 Å². The third kappa shape index (κ3) is 5.50. The Hall–Kier alpha value is -3.34. The van der Waals surface area contributed by atoms with Gasteiger partial charge in [0.25, 0.3) is 0 Å². The van der Waals surface area contributed by atoms with E-state index in [1.807, 2.05) is 0 Å². The number of methoxy groups -OCH3 is 1. The first kappa shape index (κ1) is 26.3. The zero-order valence-electron chi connectivity index (χ0n) is 19.2. The predicted molar refractivity (Wildman–Crippen MR) is 120 cm³/mol. The van der Waals surface area contributed by atoms with Crippen molar-refractivity contribution in [3.63, 3.8) is 0 Å². The minimum atomic E-state index is -4.59. The molecule has 4 N–H and O–H groups in total. The highest BCUT2D eigenvalue weighted by atomic mass is 19.4. The highest BCUT2D eigenvalue weighted by Crippen LogP contribution is 2.44. The second-order valence-corrected chi connectivity index (χ2v) is 8.48. The Kier molecular flexibility index (Phi) is 7.59. The fourth-order valence-corrected chi connectivity index (χ4v) is 4.17. The van der Waals surface area contributed by atoms with Gasteiger partial charge in [-0.05, 0) is 41.3 Å². The number of ether oxygens (including phenoxy) is 1. The van der Waals surface area contributed by atoms with E-state index in [9.17, 15) is 31.9 Å². The van der Waals surface area contributed by atoms with E-state index >= 15 is 0 Å². The summed E-state index contributed by atoms with van der Waals surface area (Å²) in [6.07, 6.45) is -3.09. The molecular formula is C24H26F5N3O3. The average Bonchev–Trinajstić information content (AvgIpc) is 2.80. The van der Waals surface area contributed by atoms with Gasteiger partial charge in [0.15, 0.2) is 11.6 Å². The summed E-state index contributed by atoms with van der Waals surface area (Å²) < 4.78 is 73.9. The molecule has 2 aromatic carbocycles. The Balaban J connectivity index is 1.98. The lowest BCUT2D eigenvalue weighted by Gasteiger charge is -2.35. The van der Waals surface area contributed by atoms with Crippen molar-refractivity contribution >= 4 is 17.8 Å². The van der Waals surface area contributed by atoms with Crippen LogP contribution in [0.15, 0.2) is 36.5 Å². The van der Waals surface area contributed by atoms with Crippen LogP contribution in [0.2, 0.25) is 0 Å². The molecule has 2 amide bonds. The summed E-state index contributed by atoms with van der Waals surface area (Å²) in [5.41, 5.74) is 7.02. The van der Waals surface area contributed by atoms with E-state index in [1.54, 1.807) is 24.3 Å². The highest BCUT2D eigenvalue weighted by Gasteiger charge is 2.45. The maximum absolute atomic E-state index is 14.4. The molecule has 2 aromatic rings. The summed E-state index contributed by atoms with van der Waals surface area (Å²) in [4.78, 5) is 12.7. The van der Waals surface area contributed by atoms with Crippen LogP contribution in [0.4, 0.5) is 32.4 Å². The Labute approximate surface area is 199 Å². The normalized spacial score (nSPS) is 16.8. The van der Waals surface area contributed by atoms with Crippen LogP contribution in [-0.2, 0) is 6.54 Å². The van der Waals surface area contributed by atoms with Gasteiger partial charge in [-0.2, -0.15) is 17.6 Å². The van der Waals surface area contributed by atoms with Gasteiger partial charge in [0.1, 0.15) is 6.23 Å². The Bertz CT molecular complexity index is 1120. The number of carbonyl (C=O) groups is 1. The number of anilines is 1. The Morgan fingerprint density at radius 2 is 1.89 bits per heavy atom. The van der Waals surface area contributed by atoms with Crippen molar-refractivity contribution in [2.24, 2.45) is 17.6 Å². The van der Waals surface area contributed by atoms with Gasteiger partial charge in [-0.25, -0.2) is 9.18 Å². The molecule has 0 saturated carbocycles. The molecule has 1 heterocycles. The van der Waals surface area contributed by atoms with E-state index in [2.05, 4.69) is 5.32 Å². The SMILES string of the molecule is COc1c([C@@H]([C@H](C)[C@@H](C)C(F)(F)F)[C@H](O)Nc2ccc3c(c2)C=CN(C(N)=O)C3)ccc(F)c1F. The number of hydrogen-bond donors (Lipinski definition) is 3. The number of nitrogens with zero attached hydrogens (tertiary/aromatic N) is 1. The molecule has 1 aliphatic heterocycles. The molecule has 0 unspecified atom stereocenters. The lowest BCUT2D eigenvalue weighted by atomic mass is 9.77. The number of rotatable bonds is 7. The van der Waals surface area contributed by atoms with E-state index in [0.29, 0.717) is 11.3 Å². The number of hydrogen-bond acceptors (Lipinski definition) is 4. The molecule has 0 bridgehead atoms. The van der Waals surface area contributed by atoms with Crippen LogP contribution in [0.25, 0.3) is 6.08 Å². The molecule has 11 heteroatoms. The zero-order valence-corrected chi connectivity index (χ0v) is 19.2. The van der Waals surface area contributed by atoms with E-state index in [-0.39, 0.29) is 12.1 Å². The third-order valence-corrected chi connectivity index (χ3v) is 6.37. The van der Waals surface area contributed by atoms with Crippen molar-refractivity contribution in [1.29, 1.82) is 0 Å². The summed E-state index contributed by atoms with van der Waals surface area (Å²) in [5.74, 6) is -7.61. The van der Waals surface area contributed by atoms with Crippen molar-refractivity contribution in [2.45, 2.75) is 38.7 Å². The Morgan fingerprint density at radius 1 is 1.20 bits per heavy atom. The number of amides is 2. The summed E-state index contributed by atoms with van der Waals surface area (Å²) >= 11 is 0. The number of alkyl halides is 3. The summed E-state index contributed by atoms with van der Waals surface area (Å²) in [6, 6.07) is 6.17. The smallest absolute Gasteiger partial charge is 0.391 e. The highest BCUT2D eigenvalue weighted by molar-refractivity contribution is 5.76. The van der Waals surface area contributed by atoms with Crippen LogP contribution in [0.3, 0.4) is 0 Å². The third-order valence-electron chi connectivity index (χ3n) is 6.37. The van der Waals surface area contributed by atoms with Gasteiger partial charge in [-0.1, -0.05) is 26.0 Å². The van der Waals surface area contributed by atoms with Crippen LogP contribution in [-0.4, -0.2) is 35.6 Å². The number of fused-ring (bicyclic) bond motifs is 1. The fraction of sp³-hybridized carbons (Fsp3) is 0.375. The predicted octanol–water partition coefficient (Wildman–Crippen LogP) is 5.19. The molecule has 190 valence electrons. The molecular weight excluding hydrogens is 473 g/mol. The second-order valence-electron chi connectivity index (χ2n) is 8.48. The summed E-state index contributed by atoms with van der Waals surface area (Å²) in [5, 5.41) is 13.8. The average molecular weight is 499 g/mol. The number of aliphatic hydroxyl groups is 1. The number of halogens is 5. The number of primary amides is 1. The molecule has 0 spiro atoms. The lowest BCUT2D eigenvalue weighted by molar-refractivity contribution is -0.185. The monoisotopic (exact) mass is 499 g/mol. The lowest BCUT2D eigenvalue weighted by Crippen LogP contribution is -2.38. The van der Waals surface area contributed by atoms with E-state index < -0.39 is 53.6 Å². The Morgan fingerprint density at radius 3 is 2.49 bits per heavy atom. The van der Waals surface area contributed by atoms with E-state index in [4.69, 9.17) is 10.5 Å². The number of nitrogens with two attached hydrogens (primary N) is 1. The molecule has 35 heavy (non-hydrogen) atoms. The van der Waals surface area contributed by atoms with Gasteiger partial charge in [-0.15, -0.1) is 0 Å². The van der Waals surface area contributed by atoms with Gasteiger partial charge >= 0.3 is 12.2 Å². The first-order valence-electron chi connectivity index (χ1n) is 10.8. The van der Waals surface area contributed by atoms with Crippen molar-refractivity contribution in [3.05, 3.63) is 64.9 Å². The molecule has 1 aliphatic rings. The topological polar surface area (TPSA) is 87.8 Å². The van der Waals surface area contributed by atoms with Gasteiger partial charge in [0.2, 0.25) is 5.82 Å². The number of aliphatic hydroxyl groups excluding tert-OH is 1. The van der Waals surface area contributed by atoms with Gasteiger partial charge < -0.3 is 20.9 Å². The van der Waals surface area contributed by atoms with Gasteiger partial charge in [-0.3, -0.25) is 4.90 Å². The maximum atomic E-state index is 14.4. The molecule has 6 nitrogen and oxygen atoms in total. The molecule has 3 rings (SSSR count). The first-order valence-corrected chi connectivity index (χ1v) is 10.8. The van der Waals surface area contributed by atoms with Crippen LogP contribution in [0, 0.1) is 23.5 Å². The molecule has 4 atom stereocenters. The van der Waals surface area contributed by atoms with E-state index in [0.717, 1.165) is 31.7 Å². The van der Waals surface area contributed by atoms with E-state index in [1.165, 1.54) is 18.0 Å². The zero-order chi connectivity index (χ0) is 26.1. The number of carbonyl (C=O) groups excluding carboxylic acids is 1. The maximum Gasteiger partial charge on any atom is 0.391 e. The molecule has 0 radical (unpaired) electrons. The fourth-order valence-electron chi connectivity index (χ4n) is 4.17. The van der Waals surface area contributed by atoms with Crippen molar-refractivity contribution < 1.29 is 36.6 Å². The molecule has 0 saturated heterocycles. The van der Waals surface area contributed by atoms with Crippen LogP contribution in [0.1, 0.15) is 36.5 Å². The first-order chi connectivity index (χ1) is 16.3. The summed E-state index contributed by atoms with van der Waals surface area (Å²) in [6.45, 7) is 2.48. The second kappa shape index (κ2) is 10.1. The van der Waals surface area contributed by atoms with Gasteiger partial charge in [0, 0.05) is 23.4 Å². The largest absolute Gasteiger partial charge is 0.493 e. The van der Waals surface area contributed by atoms with Crippen LogP contribution in [0.5, 0.6) is 5.75 Å². The van der Waals surface area contributed by atoms with Crippen molar-refractivity contribution in [1.82, 2.24) is 4.90 Å². The minimum absolute atomic E-state index is 0.107. The number of urea groups is 1. The molecule has 0 fully saturated rings. The number of benzene rings is 2. The molecule has 0 aromatic heterocycles. The standard InChI is InChI=1S/C24H26F5N3O3/c1-12(13(2)24(27,28)29)19(17-6-7-18(25)20(26)21(17)35-3)22(33)31-16-5-4-15-11-32(23(30)34)9-8-14(15)10-16/h4-10,12-13,19,22,31,33H,11H2,1-3H3,(H2,30,34)/t12-,13-,19-,22+/m1/s1. The van der Waals surface area contributed by atoms with Crippen LogP contribution < -0.4 is 15.8 Å².